The Morgan fingerprint density at radius 3 is 2.39 bits per heavy atom. The highest BCUT2D eigenvalue weighted by atomic mass is 35.5. The molecule has 162 valence electrons. The molecule has 6 nitrogen and oxygen atoms in total. The van der Waals surface area contributed by atoms with Crippen molar-refractivity contribution < 1.29 is 17.9 Å². The summed E-state index contributed by atoms with van der Waals surface area (Å²) in [6, 6.07) is 17.6. The third-order valence-corrected chi connectivity index (χ3v) is 6.82. The van der Waals surface area contributed by atoms with Crippen LogP contribution >= 0.6 is 23.2 Å². The second-order valence-corrected chi connectivity index (χ2v) is 9.36. The molecule has 0 heterocycles. The van der Waals surface area contributed by atoms with Crippen molar-refractivity contribution in [2.45, 2.75) is 11.8 Å². The van der Waals surface area contributed by atoms with E-state index in [0.29, 0.717) is 27.7 Å². The molecule has 9 heteroatoms. The number of hydrogen-bond acceptors (Lipinski definition) is 4. The first-order chi connectivity index (χ1) is 14.7. The number of benzene rings is 3. The number of halogens is 2. The fourth-order valence-corrected chi connectivity index (χ4v) is 4.80. The highest BCUT2D eigenvalue weighted by Crippen LogP contribution is 2.28. The van der Waals surface area contributed by atoms with Gasteiger partial charge >= 0.3 is 0 Å². The lowest BCUT2D eigenvalue weighted by molar-refractivity contribution is -0.114. The lowest BCUT2D eigenvalue weighted by atomic mass is 10.2. The van der Waals surface area contributed by atoms with E-state index in [0.717, 1.165) is 4.31 Å². The van der Waals surface area contributed by atoms with Gasteiger partial charge in [0.2, 0.25) is 5.91 Å². The Hall–Kier alpha value is -2.74. The lowest BCUT2D eigenvalue weighted by Gasteiger charge is -2.24. The molecule has 3 aromatic carbocycles. The van der Waals surface area contributed by atoms with E-state index in [2.05, 4.69) is 5.32 Å². The molecule has 0 saturated heterocycles. The van der Waals surface area contributed by atoms with Crippen molar-refractivity contribution in [1.29, 1.82) is 0 Å². The summed E-state index contributed by atoms with van der Waals surface area (Å²) in [5.41, 5.74) is 1.31. The molecular formula is C22H20Cl2N2O4S. The smallest absolute Gasteiger partial charge is 0.264 e. The van der Waals surface area contributed by atoms with Gasteiger partial charge in [-0.2, -0.15) is 0 Å². The van der Waals surface area contributed by atoms with E-state index in [1.165, 1.54) is 25.3 Å². The number of para-hydroxylation sites is 1. The number of hydrogen-bond donors (Lipinski definition) is 1. The van der Waals surface area contributed by atoms with Crippen LogP contribution in [0.4, 0.5) is 11.4 Å². The van der Waals surface area contributed by atoms with Crippen LogP contribution < -0.4 is 14.4 Å². The van der Waals surface area contributed by atoms with Crippen LogP contribution in [0.1, 0.15) is 5.56 Å². The van der Waals surface area contributed by atoms with Crippen molar-refractivity contribution in [1.82, 2.24) is 0 Å². The maximum absolute atomic E-state index is 13.5. The third kappa shape index (κ3) is 5.31. The molecule has 0 aromatic heterocycles. The molecule has 0 aliphatic rings. The average Bonchev–Trinajstić information content (AvgIpc) is 2.75. The largest absolute Gasteiger partial charge is 0.496 e. The predicted molar refractivity (Wildman–Crippen MR) is 124 cm³/mol. The van der Waals surface area contributed by atoms with Crippen molar-refractivity contribution in [3.05, 3.63) is 82.3 Å². The van der Waals surface area contributed by atoms with E-state index >= 15 is 0 Å². The molecule has 31 heavy (non-hydrogen) atoms. The van der Waals surface area contributed by atoms with Gasteiger partial charge in [-0.05, 0) is 61.0 Å². The Kier molecular flexibility index (Phi) is 7.10. The Bertz CT molecular complexity index is 1200. The summed E-state index contributed by atoms with van der Waals surface area (Å²) in [4.78, 5) is 12.8. The summed E-state index contributed by atoms with van der Waals surface area (Å²) >= 11 is 12.1. The monoisotopic (exact) mass is 478 g/mol. The number of ether oxygens (including phenoxy) is 1. The van der Waals surface area contributed by atoms with Crippen LogP contribution in [0.3, 0.4) is 0 Å². The number of aryl methyl sites for hydroxylation is 1. The van der Waals surface area contributed by atoms with Crippen molar-refractivity contribution in [3.63, 3.8) is 0 Å². The molecule has 0 atom stereocenters. The van der Waals surface area contributed by atoms with Gasteiger partial charge in [-0.25, -0.2) is 8.42 Å². The zero-order valence-electron chi connectivity index (χ0n) is 16.8. The lowest BCUT2D eigenvalue weighted by Crippen LogP contribution is -2.38. The van der Waals surface area contributed by atoms with E-state index in [1.807, 2.05) is 0 Å². The van der Waals surface area contributed by atoms with Gasteiger partial charge in [-0.3, -0.25) is 9.10 Å². The molecule has 3 rings (SSSR count). The maximum atomic E-state index is 13.5. The fourth-order valence-electron chi connectivity index (χ4n) is 2.96. The molecular weight excluding hydrogens is 459 g/mol. The minimum atomic E-state index is -4.05. The highest BCUT2D eigenvalue weighted by Gasteiger charge is 2.28. The van der Waals surface area contributed by atoms with Crippen LogP contribution in [0.2, 0.25) is 10.0 Å². The number of sulfonamides is 1. The molecule has 0 aliphatic carbocycles. The third-order valence-electron chi connectivity index (χ3n) is 4.49. The Morgan fingerprint density at radius 1 is 1.03 bits per heavy atom. The molecule has 0 radical (unpaired) electrons. The first kappa shape index (κ1) is 22.9. The van der Waals surface area contributed by atoms with Crippen LogP contribution in [0.5, 0.6) is 5.75 Å². The number of carbonyl (C=O) groups excluding carboxylic acids is 1. The Balaban J connectivity index is 1.96. The minimum absolute atomic E-state index is 0.0447. The summed E-state index contributed by atoms with van der Waals surface area (Å²) in [6.07, 6.45) is 0. The highest BCUT2D eigenvalue weighted by molar-refractivity contribution is 7.92. The molecule has 1 amide bonds. The fraction of sp³-hybridized carbons (Fsp3) is 0.136. The number of nitrogens with zero attached hydrogens (tertiary/aromatic N) is 1. The SMILES string of the molecule is COc1ccc(S(=O)(=O)N(CC(=O)Nc2cc(Cl)ccc2Cl)c2ccccc2)cc1C. The van der Waals surface area contributed by atoms with Crippen molar-refractivity contribution in [2.75, 3.05) is 23.3 Å². The molecule has 0 spiro atoms. The van der Waals surface area contributed by atoms with Gasteiger partial charge in [0.1, 0.15) is 12.3 Å². The molecule has 0 fully saturated rings. The second-order valence-electron chi connectivity index (χ2n) is 6.65. The number of methoxy groups -OCH3 is 1. The number of rotatable bonds is 7. The molecule has 0 bridgehead atoms. The summed E-state index contributed by atoms with van der Waals surface area (Å²) in [6.45, 7) is 1.29. The number of anilines is 2. The quantitative estimate of drug-likeness (QED) is 0.509. The zero-order chi connectivity index (χ0) is 22.6. The normalized spacial score (nSPS) is 11.1. The topological polar surface area (TPSA) is 75.7 Å². The Morgan fingerprint density at radius 2 is 1.74 bits per heavy atom. The van der Waals surface area contributed by atoms with Crippen molar-refractivity contribution in [3.8, 4) is 5.75 Å². The standard InChI is InChI=1S/C22H20Cl2N2O4S/c1-15-12-18(9-11-21(15)30-2)31(28,29)26(17-6-4-3-5-7-17)14-22(27)25-20-13-16(23)8-10-19(20)24/h3-13H,14H2,1-2H3,(H,25,27). The predicted octanol–water partition coefficient (Wildman–Crippen LogP) is 5.14. The average molecular weight is 479 g/mol. The summed E-state index contributed by atoms with van der Waals surface area (Å²) < 4.78 is 33.2. The molecule has 0 aliphatic heterocycles. The number of carbonyl (C=O) groups is 1. The van der Waals surface area contributed by atoms with Gasteiger partial charge in [0.25, 0.3) is 10.0 Å². The molecule has 0 saturated carbocycles. The molecule has 1 N–H and O–H groups in total. The van der Waals surface area contributed by atoms with E-state index < -0.39 is 22.5 Å². The first-order valence-electron chi connectivity index (χ1n) is 9.19. The van der Waals surface area contributed by atoms with Crippen LogP contribution in [-0.2, 0) is 14.8 Å². The zero-order valence-corrected chi connectivity index (χ0v) is 19.1. The summed E-state index contributed by atoms with van der Waals surface area (Å²) in [7, 11) is -2.54. The number of amides is 1. The summed E-state index contributed by atoms with van der Waals surface area (Å²) in [5, 5.41) is 3.30. The van der Waals surface area contributed by atoms with Gasteiger partial charge in [-0.15, -0.1) is 0 Å². The van der Waals surface area contributed by atoms with Crippen LogP contribution in [0.25, 0.3) is 0 Å². The van der Waals surface area contributed by atoms with E-state index in [-0.39, 0.29) is 9.92 Å². The van der Waals surface area contributed by atoms with Gasteiger partial charge in [0.05, 0.1) is 28.4 Å². The van der Waals surface area contributed by atoms with E-state index in [1.54, 1.807) is 55.5 Å². The maximum Gasteiger partial charge on any atom is 0.264 e. The van der Waals surface area contributed by atoms with Gasteiger partial charge in [0.15, 0.2) is 0 Å². The van der Waals surface area contributed by atoms with E-state index in [9.17, 15) is 13.2 Å². The van der Waals surface area contributed by atoms with Crippen LogP contribution in [-0.4, -0.2) is 28.0 Å². The Labute approximate surface area is 191 Å². The molecule has 0 unspecified atom stereocenters. The first-order valence-corrected chi connectivity index (χ1v) is 11.4. The molecule has 3 aromatic rings. The van der Waals surface area contributed by atoms with E-state index in [4.69, 9.17) is 27.9 Å². The second kappa shape index (κ2) is 9.60. The van der Waals surface area contributed by atoms with Crippen molar-refractivity contribution >= 4 is 50.5 Å². The summed E-state index contributed by atoms with van der Waals surface area (Å²) in [5.74, 6) is 0.000352. The van der Waals surface area contributed by atoms with Gasteiger partial charge < -0.3 is 10.1 Å². The van der Waals surface area contributed by atoms with Gasteiger partial charge in [-0.1, -0.05) is 41.4 Å². The van der Waals surface area contributed by atoms with Crippen molar-refractivity contribution in [2.24, 2.45) is 0 Å². The van der Waals surface area contributed by atoms with Gasteiger partial charge in [0, 0.05) is 5.02 Å². The van der Waals surface area contributed by atoms with Crippen LogP contribution in [0.15, 0.2) is 71.6 Å². The minimum Gasteiger partial charge on any atom is -0.496 e. The number of nitrogens with one attached hydrogen (secondary N) is 1. The van der Waals surface area contributed by atoms with Crippen LogP contribution in [0, 0.1) is 6.92 Å².